The zero-order chi connectivity index (χ0) is 14.0. The van der Waals surface area contributed by atoms with E-state index >= 15 is 0 Å². The van der Waals surface area contributed by atoms with Gasteiger partial charge in [-0.2, -0.15) is 0 Å². The number of nitrogens with zero attached hydrogens (tertiary/aromatic N) is 1. The van der Waals surface area contributed by atoms with Crippen molar-refractivity contribution < 1.29 is 9.47 Å². The summed E-state index contributed by atoms with van der Waals surface area (Å²) in [5.41, 5.74) is 0. The van der Waals surface area contributed by atoms with Crippen molar-refractivity contribution in [2.24, 2.45) is 5.92 Å². The summed E-state index contributed by atoms with van der Waals surface area (Å²) in [6.45, 7) is 9.50. The van der Waals surface area contributed by atoms with E-state index in [4.69, 9.17) is 9.47 Å². The van der Waals surface area contributed by atoms with Crippen LogP contribution in [0.2, 0.25) is 0 Å². The predicted molar refractivity (Wildman–Crippen MR) is 79.7 cm³/mol. The minimum absolute atomic E-state index is 0.270. The van der Waals surface area contributed by atoms with Crippen molar-refractivity contribution in [3.63, 3.8) is 0 Å². The fourth-order valence-electron chi connectivity index (χ4n) is 3.90. The Bertz CT molecular complexity index is 314. The van der Waals surface area contributed by atoms with Gasteiger partial charge < -0.3 is 14.8 Å². The first-order chi connectivity index (χ1) is 9.76. The van der Waals surface area contributed by atoms with Crippen molar-refractivity contribution in [1.82, 2.24) is 10.2 Å². The summed E-state index contributed by atoms with van der Waals surface area (Å²) in [7, 11) is 0. The van der Waals surface area contributed by atoms with Crippen LogP contribution in [0.15, 0.2) is 0 Å². The lowest BCUT2D eigenvalue weighted by atomic mass is 9.84. The molecule has 1 aliphatic heterocycles. The van der Waals surface area contributed by atoms with Crippen LogP contribution in [-0.2, 0) is 9.47 Å². The van der Waals surface area contributed by atoms with Gasteiger partial charge in [0.15, 0.2) is 5.79 Å². The van der Waals surface area contributed by atoms with E-state index in [1.807, 2.05) is 0 Å². The van der Waals surface area contributed by atoms with E-state index in [0.717, 1.165) is 45.1 Å². The maximum atomic E-state index is 5.98. The smallest absolute Gasteiger partial charge is 0.170 e. The van der Waals surface area contributed by atoms with Gasteiger partial charge in [0.25, 0.3) is 0 Å². The maximum Gasteiger partial charge on any atom is 0.170 e. The molecule has 1 spiro atoms. The highest BCUT2D eigenvalue weighted by Gasteiger charge is 2.46. The summed E-state index contributed by atoms with van der Waals surface area (Å²) in [6.07, 6.45) is 6.09. The average molecular weight is 282 g/mol. The second-order valence-corrected chi connectivity index (χ2v) is 6.61. The molecule has 0 radical (unpaired) electrons. The van der Waals surface area contributed by atoms with Crippen LogP contribution in [0.1, 0.15) is 46.0 Å². The normalized spacial score (nSPS) is 33.1. The molecule has 4 heteroatoms. The molecule has 4 nitrogen and oxygen atoms in total. The first kappa shape index (κ1) is 14.8. The SMILES string of the molecule is CCNC1CCC2(CC1N(CC)CC1CC1)OCCO2. The zero-order valence-electron chi connectivity index (χ0n) is 13.1. The topological polar surface area (TPSA) is 33.7 Å². The molecular weight excluding hydrogens is 252 g/mol. The Labute approximate surface area is 123 Å². The van der Waals surface area contributed by atoms with Crippen LogP contribution < -0.4 is 5.32 Å². The van der Waals surface area contributed by atoms with Gasteiger partial charge >= 0.3 is 0 Å². The minimum atomic E-state index is -0.270. The van der Waals surface area contributed by atoms with Crippen LogP contribution >= 0.6 is 0 Å². The Hall–Kier alpha value is -0.160. The van der Waals surface area contributed by atoms with Crippen molar-refractivity contribution in [1.29, 1.82) is 0 Å². The Kier molecular flexibility index (Phi) is 4.65. The number of hydrogen-bond acceptors (Lipinski definition) is 4. The van der Waals surface area contributed by atoms with E-state index in [1.54, 1.807) is 0 Å². The van der Waals surface area contributed by atoms with E-state index in [1.165, 1.54) is 25.8 Å². The highest BCUT2D eigenvalue weighted by Crippen LogP contribution is 2.39. The van der Waals surface area contributed by atoms with Crippen molar-refractivity contribution in [2.75, 3.05) is 32.8 Å². The number of hydrogen-bond donors (Lipinski definition) is 1. The largest absolute Gasteiger partial charge is 0.347 e. The second kappa shape index (κ2) is 6.30. The van der Waals surface area contributed by atoms with Gasteiger partial charge in [-0.05, 0) is 38.3 Å². The van der Waals surface area contributed by atoms with E-state index in [2.05, 4.69) is 24.1 Å². The Morgan fingerprint density at radius 2 is 1.90 bits per heavy atom. The summed E-state index contributed by atoms with van der Waals surface area (Å²) >= 11 is 0. The number of nitrogens with one attached hydrogen (secondary N) is 1. The molecule has 1 N–H and O–H groups in total. The molecule has 2 aliphatic carbocycles. The third-order valence-electron chi connectivity index (χ3n) is 5.17. The first-order valence-electron chi connectivity index (χ1n) is 8.51. The predicted octanol–water partition coefficient (Wildman–Crippen LogP) is 1.99. The molecule has 20 heavy (non-hydrogen) atoms. The first-order valence-corrected chi connectivity index (χ1v) is 8.51. The van der Waals surface area contributed by atoms with Crippen LogP contribution in [0, 0.1) is 5.92 Å². The monoisotopic (exact) mass is 282 g/mol. The highest BCUT2D eigenvalue weighted by atomic mass is 16.7. The van der Waals surface area contributed by atoms with Crippen molar-refractivity contribution in [3.05, 3.63) is 0 Å². The van der Waals surface area contributed by atoms with Crippen molar-refractivity contribution in [3.8, 4) is 0 Å². The lowest BCUT2D eigenvalue weighted by molar-refractivity contribution is -0.193. The quantitative estimate of drug-likeness (QED) is 0.808. The highest BCUT2D eigenvalue weighted by molar-refractivity contribution is 4.97. The van der Waals surface area contributed by atoms with Crippen LogP contribution in [0.3, 0.4) is 0 Å². The van der Waals surface area contributed by atoms with Crippen LogP contribution in [0.5, 0.6) is 0 Å². The van der Waals surface area contributed by atoms with Crippen LogP contribution in [0.25, 0.3) is 0 Å². The minimum Gasteiger partial charge on any atom is -0.347 e. The fourth-order valence-corrected chi connectivity index (χ4v) is 3.90. The molecule has 3 rings (SSSR count). The number of ether oxygens (including phenoxy) is 2. The fraction of sp³-hybridized carbons (Fsp3) is 1.00. The lowest BCUT2D eigenvalue weighted by Crippen LogP contribution is -2.58. The van der Waals surface area contributed by atoms with E-state index < -0.39 is 0 Å². The van der Waals surface area contributed by atoms with E-state index in [-0.39, 0.29) is 5.79 Å². The molecule has 3 aliphatic rings. The van der Waals surface area contributed by atoms with Crippen LogP contribution in [0.4, 0.5) is 0 Å². The molecule has 2 saturated carbocycles. The summed E-state index contributed by atoms with van der Waals surface area (Å²) < 4.78 is 12.0. The number of likely N-dealkylation sites (N-methyl/N-ethyl adjacent to an activating group) is 2. The molecule has 2 unspecified atom stereocenters. The molecule has 0 aromatic carbocycles. The molecule has 0 amide bonds. The molecule has 1 heterocycles. The van der Waals surface area contributed by atoms with E-state index in [9.17, 15) is 0 Å². The molecule has 0 aromatic heterocycles. The number of rotatable bonds is 6. The molecule has 0 aromatic rings. The van der Waals surface area contributed by atoms with Crippen molar-refractivity contribution >= 4 is 0 Å². The Morgan fingerprint density at radius 3 is 2.50 bits per heavy atom. The molecule has 2 atom stereocenters. The van der Waals surface area contributed by atoms with Gasteiger partial charge in [0.1, 0.15) is 0 Å². The summed E-state index contributed by atoms with van der Waals surface area (Å²) in [6, 6.07) is 1.16. The van der Waals surface area contributed by atoms with Gasteiger partial charge in [-0.1, -0.05) is 13.8 Å². The van der Waals surface area contributed by atoms with Gasteiger partial charge in [-0.25, -0.2) is 0 Å². The molecule has 0 bridgehead atoms. The average Bonchev–Trinajstić information content (AvgIpc) is 3.18. The molecule has 3 fully saturated rings. The van der Waals surface area contributed by atoms with Gasteiger partial charge in [0.2, 0.25) is 0 Å². The third kappa shape index (κ3) is 3.19. The van der Waals surface area contributed by atoms with Gasteiger partial charge in [0.05, 0.1) is 13.2 Å². The molecule has 116 valence electrons. The Balaban J connectivity index is 1.69. The zero-order valence-corrected chi connectivity index (χ0v) is 13.1. The van der Waals surface area contributed by atoms with Crippen molar-refractivity contribution in [2.45, 2.75) is 63.8 Å². The summed E-state index contributed by atoms with van der Waals surface area (Å²) in [5.74, 6) is 0.675. The maximum absolute atomic E-state index is 5.98. The molecule has 1 saturated heterocycles. The van der Waals surface area contributed by atoms with Gasteiger partial charge in [-0.15, -0.1) is 0 Å². The van der Waals surface area contributed by atoms with Gasteiger partial charge in [0, 0.05) is 31.5 Å². The summed E-state index contributed by atoms with van der Waals surface area (Å²) in [5, 5.41) is 3.70. The van der Waals surface area contributed by atoms with E-state index in [0.29, 0.717) is 12.1 Å². The Morgan fingerprint density at radius 1 is 1.15 bits per heavy atom. The third-order valence-corrected chi connectivity index (χ3v) is 5.17. The van der Waals surface area contributed by atoms with Crippen LogP contribution in [-0.4, -0.2) is 55.6 Å². The standard InChI is InChI=1S/C16H30N2O2/c1-3-17-14-7-8-16(19-9-10-20-16)11-15(14)18(4-2)12-13-5-6-13/h13-15,17H,3-12H2,1-2H3. The second-order valence-electron chi connectivity index (χ2n) is 6.61. The lowest BCUT2D eigenvalue weighted by Gasteiger charge is -2.46. The molecular formula is C16H30N2O2. The van der Waals surface area contributed by atoms with Gasteiger partial charge in [-0.3, -0.25) is 4.90 Å². The summed E-state index contributed by atoms with van der Waals surface area (Å²) in [4.78, 5) is 2.68.